The molecule has 0 unspecified atom stereocenters. The maximum Gasteiger partial charge on any atom is 0.329 e. The Bertz CT molecular complexity index is 1010. The quantitative estimate of drug-likeness (QED) is 0.484. The normalized spacial score (nSPS) is 18.7. The van der Waals surface area contributed by atoms with Crippen molar-refractivity contribution in [2.45, 2.75) is 32.2 Å². The molecule has 1 aliphatic carbocycles. The molecule has 31 heavy (non-hydrogen) atoms. The smallest absolute Gasteiger partial charge is 0.329 e. The van der Waals surface area contributed by atoms with E-state index in [1.165, 1.54) is 0 Å². The van der Waals surface area contributed by atoms with E-state index in [1.54, 1.807) is 0 Å². The Morgan fingerprint density at radius 1 is 1.03 bits per heavy atom. The van der Waals surface area contributed by atoms with Crippen molar-refractivity contribution in [2.75, 3.05) is 13.2 Å². The Hall–Kier alpha value is -2.63. The first-order chi connectivity index (χ1) is 15.1. The van der Waals surface area contributed by atoms with E-state index >= 15 is 0 Å². The fraction of sp³-hybridized carbons (Fsp3) is 0.360. The van der Waals surface area contributed by atoms with Crippen LogP contribution in [0.5, 0.6) is 0 Å². The zero-order valence-corrected chi connectivity index (χ0v) is 18.2. The Morgan fingerprint density at radius 3 is 2.45 bits per heavy atom. The first-order valence-corrected chi connectivity index (χ1v) is 11.1. The van der Waals surface area contributed by atoms with Crippen molar-refractivity contribution in [3.63, 3.8) is 0 Å². The van der Waals surface area contributed by atoms with Crippen LogP contribution in [0.2, 0.25) is 5.02 Å². The topological polar surface area (TPSA) is 64.3 Å². The van der Waals surface area contributed by atoms with Crippen molar-refractivity contribution in [2.24, 2.45) is 11.8 Å². The van der Waals surface area contributed by atoms with E-state index in [4.69, 9.17) is 26.5 Å². The zero-order chi connectivity index (χ0) is 21.6. The molecule has 1 fully saturated rings. The van der Waals surface area contributed by atoms with Gasteiger partial charge < -0.3 is 9.84 Å². The molecule has 2 aromatic carbocycles. The molecule has 3 aromatic rings. The minimum Gasteiger partial charge on any atom is -0.480 e. The number of ether oxygens (including phenoxy) is 1. The maximum atomic E-state index is 10.6. The molecule has 0 aliphatic heterocycles. The minimum absolute atomic E-state index is 0.207. The van der Waals surface area contributed by atoms with E-state index in [-0.39, 0.29) is 6.61 Å². The van der Waals surface area contributed by atoms with Gasteiger partial charge in [0, 0.05) is 28.9 Å². The van der Waals surface area contributed by atoms with E-state index in [2.05, 4.69) is 29.1 Å². The van der Waals surface area contributed by atoms with Crippen LogP contribution in [0, 0.1) is 11.8 Å². The van der Waals surface area contributed by atoms with E-state index < -0.39 is 5.97 Å². The molecule has 0 spiro atoms. The molecule has 1 saturated carbocycles. The summed E-state index contributed by atoms with van der Waals surface area (Å²) in [5.74, 6) is 0.110. The Labute approximate surface area is 187 Å². The van der Waals surface area contributed by atoms with Crippen LogP contribution in [-0.2, 0) is 16.1 Å². The first kappa shape index (κ1) is 21.6. The van der Waals surface area contributed by atoms with Crippen molar-refractivity contribution < 1.29 is 14.6 Å². The zero-order valence-electron chi connectivity index (χ0n) is 17.4. The SMILES string of the molecule is O=C(O)COC[C@H]1CC[C@@H](Cn2cc(-c3cccc(Cl)c3)c(-c3ccccc3)n2)CC1. The number of hydrogen-bond acceptors (Lipinski definition) is 3. The number of nitrogens with zero attached hydrogens (tertiary/aromatic N) is 2. The predicted molar refractivity (Wildman–Crippen MR) is 122 cm³/mol. The summed E-state index contributed by atoms with van der Waals surface area (Å²) in [5, 5.41) is 14.4. The summed E-state index contributed by atoms with van der Waals surface area (Å²) < 4.78 is 7.36. The van der Waals surface area contributed by atoms with Gasteiger partial charge >= 0.3 is 5.97 Å². The van der Waals surface area contributed by atoms with Gasteiger partial charge in [-0.25, -0.2) is 4.79 Å². The molecule has 0 saturated heterocycles. The standard InChI is InChI=1S/C25H27ClN2O3/c26-22-8-4-7-21(13-22)23-15-28(27-25(23)20-5-2-1-3-6-20)14-18-9-11-19(12-10-18)16-31-17-24(29)30/h1-8,13,15,18-19H,9-12,14,16-17H2,(H,29,30)/t18-,19+. The highest BCUT2D eigenvalue weighted by Gasteiger charge is 2.23. The molecular formula is C25H27ClN2O3. The largest absolute Gasteiger partial charge is 0.480 e. The van der Waals surface area contributed by atoms with Crippen LogP contribution in [0.25, 0.3) is 22.4 Å². The van der Waals surface area contributed by atoms with E-state index in [0.717, 1.165) is 54.6 Å². The second-order valence-electron chi connectivity index (χ2n) is 8.29. The summed E-state index contributed by atoms with van der Waals surface area (Å²) in [6.07, 6.45) is 6.48. The number of carboxylic acids is 1. The van der Waals surface area contributed by atoms with E-state index in [9.17, 15) is 4.79 Å². The average molecular weight is 439 g/mol. The molecule has 0 bridgehead atoms. The number of aromatic nitrogens is 2. The van der Waals surface area contributed by atoms with Gasteiger partial charge in [-0.2, -0.15) is 5.10 Å². The molecular weight excluding hydrogens is 412 g/mol. The lowest BCUT2D eigenvalue weighted by molar-refractivity contribution is -0.142. The number of rotatable bonds is 8. The second-order valence-corrected chi connectivity index (χ2v) is 8.72. The summed E-state index contributed by atoms with van der Waals surface area (Å²) in [4.78, 5) is 10.6. The summed E-state index contributed by atoms with van der Waals surface area (Å²) in [5.41, 5.74) is 4.22. The van der Waals surface area contributed by atoms with Gasteiger partial charge in [0.1, 0.15) is 12.3 Å². The van der Waals surface area contributed by atoms with Crippen LogP contribution in [0.15, 0.2) is 60.8 Å². The van der Waals surface area contributed by atoms with Crippen LogP contribution >= 0.6 is 11.6 Å². The molecule has 1 aliphatic rings. The lowest BCUT2D eigenvalue weighted by Crippen LogP contribution is -2.23. The third kappa shape index (κ3) is 5.75. The lowest BCUT2D eigenvalue weighted by atomic mass is 9.82. The Balaban J connectivity index is 1.47. The minimum atomic E-state index is -0.905. The van der Waals surface area contributed by atoms with Gasteiger partial charge in [-0.05, 0) is 55.2 Å². The number of hydrogen-bond donors (Lipinski definition) is 1. The highest BCUT2D eigenvalue weighted by molar-refractivity contribution is 6.30. The van der Waals surface area contributed by atoms with Crippen LogP contribution in [0.1, 0.15) is 25.7 Å². The molecule has 1 heterocycles. The van der Waals surface area contributed by atoms with Gasteiger partial charge in [0.25, 0.3) is 0 Å². The van der Waals surface area contributed by atoms with Gasteiger partial charge in [-0.1, -0.05) is 54.1 Å². The van der Waals surface area contributed by atoms with E-state index in [0.29, 0.717) is 23.5 Å². The molecule has 4 rings (SSSR count). The third-order valence-electron chi connectivity index (χ3n) is 5.94. The highest BCUT2D eigenvalue weighted by Crippen LogP contribution is 2.34. The predicted octanol–water partition coefficient (Wildman–Crippen LogP) is 5.78. The summed E-state index contributed by atoms with van der Waals surface area (Å²) in [7, 11) is 0. The number of benzene rings is 2. The van der Waals surface area contributed by atoms with Crippen molar-refractivity contribution in [1.29, 1.82) is 0 Å². The van der Waals surface area contributed by atoms with E-state index in [1.807, 2.05) is 36.4 Å². The highest BCUT2D eigenvalue weighted by atomic mass is 35.5. The Kier molecular flexibility index (Phi) is 7.05. The summed E-state index contributed by atoms with van der Waals surface area (Å²) in [6.45, 7) is 1.21. The number of carboxylic acid groups (broad SMARTS) is 1. The molecule has 1 N–H and O–H groups in total. The van der Waals surface area contributed by atoms with Crippen molar-refractivity contribution in [3.8, 4) is 22.4 Å². The van der Waals surface area contributed by atoms with Gasteiger partial charge in [0.2, 0.25) is 0 Å². The first-order valence-electron chi connectivity index (χ1n) is 10.8. The molecule has 5 nitrogen and oxygen atoms in total. The van der Waals surface area contributed by atoms with Crippen LogP contribution in [0.3, 0.4) is 0 Å². The third-order valence-corrected chi connectivity index (χ3v) is 6.17. The lowest BCUT2D eigenvalue weighted by Gasteiger charge is -2.28. The van der Waals surface area contributed by atoms with Crippen LogP contribution < -0.4 is 0 Å². The number of carbonyl (C=O) groups is 1. The van der Waals surface area contributed by atoms with Gasteiger partial charge in [-0.15, -0.1) is 0 Å². The molecule has 0 radical (unpaired) electrons. The molecule has 0 atom stereocenters. The van der Waals surface area contributed by atoms with Crippen LogP contribution in [0.4, 0.5) is 0 Å². The summed E-state index contributed by atoms with van der Waals surface area (Å²) in [6, 6.07) is 18.2. The molecule has 1 aromatic heterocycles. The van der Waals surface area contributed by atoms with Crippen LogP contribution in [-0.4, -0.2) is 34.1 Å². The molecule has 6 heteroatoms. The maximum absolute atomic E-state index is 10.6. The van der Waals surface area contributed by atoms with Crippen molar-refractivity contribution in [1.82, 2.24) is 9.78 Å². The number of aliphatic carboxylic acids is 1. The summed E-state index contributed by atoms with van der Waals surface area (Å²) >= 11 is 6.25. The Morgan fingerprint density at radius 2 is 1.74 bits per heavy atom. The van der Waals surface area contributed by atoms with Gasteiger partial charge in [-0.3, -0.25) is 4.68 Å². The fourth-order valence-corrected chi connectivity index (χ4v) is 4.54. The van der Waals surface area contributed by atoms with Gasteiger partial charge in [0.05, 0.1) is 6.61 Å². The van der Waals surface area contributed by atoms with Crippen molar-refractivity contribution >= 4 is 17.6 Å². The molecule has 0 amide bonds. The average Bonchev–Trinajstić information content (AvgIpc) is 3.19. The fourth-order valence-electron chi connectivity index (χ4n) is 4.35. The van der Waals surface area contributed by atoms with Gasteiger partial charge in [0.15, 0.2) is 0 Å². The monoisotopic (exact) mass is 438 g/mol. The number of halogens is 1. The molecule has 162 valence electrons. The second kappa shape index (κ2) is 10.1. The van der Waals surface area contributed by atoms with Crippen molar-refractivity contribution in [3.05, 3.63) is 65.8 Å².